The van der Waals surface area contributed by atoms with Crippen LogP contribution in [0.3, 0.4) is 0 Å². The lowest BCUT2D eigenvalue weighted by Gasteiger charge is -1.69. The normalized spacial score (nSPS) is 9.00. The molecule has 2 N–H and O–H groups in total. The van der Waals surface area contributed by atoms with Crippen molar-refractivity contribution in [3.8, 4) is 0 Å². The summed E-state index contributed by atoms with van der Waals surface area (Å²) in [5.74, 6) is -0.709. The van der Waals surface area contributed by atoms with Gasteiger partial charge < -0.3 is 9.52 Å². The molecule has 0 radical (unpaired) electrons. The van der Waals surface area contributed by atoms with E-state index < -0.39 is 5.97 Å². The number of hydrogen-bond acceptors (Lipinski definition) is 2. The van der Waals surface area contributed by atoms with Crippen LogP contribution < -0.4 is 0 Å². The van der Waals surface area contributed by atoms with E-state index in [9.17, 15) is 4.79 Å². The van der Waals surface area contributed by atoms with Crippen LogP contribution in [0.15, 0.2) is 23.0 Å². The van der Waals surface area contributed by atoms with E-state index >= 15 is 0 Å². The second-order valence-corrected chi connectivity index (χ2v) is 1.34. The van der Waals surface area contributed by atoms with Gasteiger partial charge in [-0.15, -0.1) is 0 Å². The summed E-state index contributed by atoms with van der Waals surface area (Å²) >= 11 is 0. The zero-order chi connectivity index (χ0) is 5.98. The summed E-state index contributed by atoms with van der Waals surface area (Å²) in [5, 5.41) is 6.54. The molecule has 3 nitrogen and oxygen atoms in total. The molecule has 0 aromatic carbocycles. The lowest BCUT2D eigenvalue weighted by atomic mass is 10.4. The van der Waals surface area contributed by atoms with Gasteiger partial charge in [0.05, 0.1) is 6.26 Å². The number of hydrogen-bond donors (Lipinski definition) is 0. The molecule has 42 valence electrons. The Morgan fingerprint density at radius 2 is 2.50 bits per heavy atom. The maximum atomic E-state index is 10.1. The van der Waals surface area contributed by atoms with Crippen LogP contribution in [-0.2, 0) is 0 Å². The van der Waals surface area contributed by atoms with Crippen LogP contribution in [0.5, 0.6) is 0 Å². The molecule has 0 aliphatic carbocycles. The fraction of sp³-hybridized carbons (Fsp3) is 0. The topological polar surface area (TPSA) is 53.1 Å². The molecule has 0 aliphatic rings. The summed E-state index contributed by atoms with van der Waals surface area (Å²) in [5.41, 5.74) is 0.296. The van der Waals surface area contributed by atoms with E-state index in [4.69, 9.17) is 5.11 Å². The number of carbonyl (C=O) groups excluding carboxylic acids is 1. The highest BCUT2D eigenvalue weighted by Crippen LogP contribution is 1.97. The Morgan fingerprint density at radius 1 is 1.75 bits per heavy atom. The van der Waals surface area contributed by atoms with Crippen LogP contribution in [-0.4, -0.2) is 11.1 Å². The second kappa shape index (κ2) is 1.69. The maximum absolute atomic E-state index is 10.1. The summed E-state index contributed by atoms with van der Waals surface area (Å²) in [4.78, 5) is 10.1. The molecule has 0 saturated carbocycles. The van der Waals surface area contributed by atoms with E-state index in [0.717, 1.165) is 0 Å². The molecule has 1 heterocycles. The largest absolute Gasteiger partial charge is 0.561 e. The summed E-state index contributed by atoms with van der Waals surface area (Å²) in [7, 11) is 0. The Hall–Kier alpha value is -1.25. The summed E-state index contributed by atoms with van der Waals surface area (Å²) in [6.07, 6.45) is 2.61. The monoisotopic (exact) mass is 113 g/mol. The van der Waals surface area contributed by atoms with Gasteiger partial charge in [0.15, 0.2) is 5.56 Å². The van der Waals surface area contributed by atoms with Gasteiger partial charge in [-0.1, -0.05) is 0 Å². The molecular formula is C5H5O3+. The molecule has 0 unspecified atom stereocenters. The third-order valence-electron chi connectivity index (χ3n) is 0.783. The van der Waals surface area contributed by atoms with Crippen LogP contribution in [0.1, 0.15) is 10.4 Å². The van der Waals surface area contributed by atoms with Crippen LogP contribution >= 0.6 is 0 Å². The van der Waals surface area contributed by atoms with Crippen molar-refractivity contribution in [2.24, 2.45) is 0 Å². The van der Waals surface area contributed by atoms with E-state index in [1.807, 2.05) is 0 Å². The molecule has 1 aromatic rings. The van der Waals surface area contributed by atoms with E-state index in [-0.39, 0.29) is 0 Å². The predicted molar refractivity (Wildman–Crippen MR) is 26.7 cm³/mol. The number of rotatable bonds is 1. The first kappa shape index (κ1) is 4.90. The zero-order valence-corrected chi connectivity index (χ0v) is 4.05. The van der Waals surface area contributed by atoms with Crippen molar-refractivity contribution in [2.75, 3.05) is 0 Å². The molecule has 0 amide bonds. The first-order chi connectivity index (χ1) is 3.80. The van der Waals surface area contributed by atoms with Crippen molar-refractivity contribution < 1.29 is 14.3 Å². The average molecular weight is 113 g/mol. The molecule has 8 heavy (non-hydrogen) atoms. The fourth-order valence-corrected chi connectivity index (χ4v) is 0.394. The van der Waals surface area contributed by atoms with E-state index in [2.05, 4.69) is 4.42 Å². The quantitative estimate of drug-likeness (QED) is 0.486. The van der Waals surface area contributed by atoms with Crippen molar-refractivity contribution in [2.45, 2.75) is 0 Å². The third-order valence-corrected chi connectivity index (χ3v) is 0.783. The Balaban J connectivity index is 2.93. The summed E-state index contributed by atoms with van der Waals surface area (Å²) < 4.78 is 4.53. The molecule has 0 fully saturated rings. The van der Waals surface area contributed by atoms with Gasteiger partial charge >= 0.3 is 5.97 Å². The van der Waals surface area contributed by atoms with Crippen molar-refractivity contribution in [3.63, 3.8) is 0 Å². The molecule has 0 spiro atoms. The first-order valence-corrected chi connectivity index (χ1v) is 2.09. The first-order valence-electron chi connectivity index (χ1n) is 2.09. The van der Waals surface area contributed by atoms with Gasteiger partial charge in [0.25, 0.3) is 0 Å². The van der Waals surface area contributed by atoms with Crippen molar-refractivity contribution in [3.05, 3.63) is 24.2 Å². The van der Waals surface area contributed by atoms with E-state index in [1.54, 1.807) is 0 Å². The highest BCUT2D eigenvalue weighted by Gasteiger charge is 2.10. The van der Waals surface area contributed by atoms with Gasteiger partial charge in [0, 0.05) is 4.79 Å². The average Bonchev–Trinajstić information content (AvgIpc) is 2.12. The fourth-order valence-electron chi connectivity index (χ4n) is 0.394. The van der Waals surface area contributed by atoms with Gasteiger partial charge in [-0.2, -0.15) is 0 Å². The van der Waals surface area contributed by atoms with Crippen LogP contribution in [0, 0.1) is 0 Å². The molecular weight excluding hydrogens is 108 g/mol. The molecule has 1 aromatic heterocycles. The van der Waals surface area contributed by atoms with E-state index in [0.29, 0.717) is 5.56 Å². The molecule has 0 saturated heterocycles. The molecule has 0 bridgehead atoms. The zero-order valence-electron chi connectivity index (χ0n) is 4.05. The van der Waals surface area contributed by atoms with Gasteiger partial charge in [-0.05, 0) is 6.07 Å². The third kappa shape index (κ3) is 0.703. The van der Waals surface area contributed by atoms with Gasteiger partial charge in [0.2, 0.25) is 0 Å². The van der Waals surface area contributed by atoms with Crippen LogP contribution in [0.4, 0.5) is 0 Å². The Bertz CT molecular complexity index is 176. The predicted octanol–water partition coefficient (Wildman–Crippen LogP) is 0.144. The van der Waals surface area contributed by atoms with Gasteiger partial charge in [-0.3, -0.25) is 0 Å². The second-order valence-electron chi connectivity index (χ2n) is 1.34. The van der Waals surface area contributed by atoms with Crippen molar-refractivity contribution >= 4 is 5.97 Å². The number of carbonyl (C=O) groups is 1. The van der Waals surface area contributed by atoms with Crippen molar-refractivity contribution in [1.29, 1.82) is 0 Å². The van der Waals surface area contributed by atoms with E-state index in [1.165, 1.54) is 18.6 Å². The molecule has 0 atom stereocenters. The maximum Gasteiger partial charge on any atom is 0.552 e. The lowest BCUT2D eigenvalue weighted by molar-refractivity contribution is 0.0696. The minimum atomic E-state index is -0.709. The standard InChI is InChI=1S/C5H4O3/c6-5(7)4-1-2-8-3-4/h1-3H,(H,6,7)/p+1. The molecule has 3 heteroatoms. The summed E-state index contributed by atoms with van der Waals surface area (Å²) in [6.45, 7) is 0. The highest BCUT2D eigenvalue weighted by molar-refractivity contribution is 5.86. The van der Waals surface area contributed by atoms with Crippen LogP contribution in [0.2, 0.25) is 0 Å². The lowest BCUT2D eigenvalue weighted by Crippen LogP contribution is -1.90. The minimum absolute atomic E-state index is 0.296. The smallest absolute Gasteiger partial charge is 0.552 e. The van der Waals surface area contributed by atoms with Crippen LogP contribution in [0.25, 0.3) is 0 Å². The molecule has 1 rings (SSSR count). The van der Waals surface area contributed by atoms with Gasteiger partial charge in [-0.25, -0.2) is 0 Å². The SMILES string of the molecule is O=C([OH2+])c1ccoc1. The molecule has 0 aliphatic heterocycles. The number of furan rings is 1. The Morgan fingerprint density at radius 3 is 2.75 bits per heavy atom. The van der Waals surface area contributed by atoms with Gasteiger partial charge in [0.1, 0.15) is 6.26 Å². The Kier molecular flexibility index (Phi) is 1.04. The Labute approximate surface area is 45.5 Å². The van der Waals surface area contributed by atoms with Crippen molar-refractivity contribution in [1.82, 2.24) is 0 Å². The summed E-state index contributed by atoms with van der Waals surface area (Å²) in [6, 6.07) is 1.45. The highest BCUT2D eigenvalue weighted by atomic mass is 16.4. The minimum Gasteiger partial charge on any atom is -0.561 e.